The van der Waals surface area contributed by atoms with E-state index < -0.39 is 22.2 Å². The molecule has 48 heavy (non-hydrogen) atoms. The third-order valence-corrected chi connectivity index (χ3v) is 10.2. The van der Waals surface area contributed by atoms with Gasteiger partial charge >= 0.3 is 0 Å². The van der Waals surface area contributed by atoms with Gasteiger partial charge in [0.25, 0.3) is 5.91 Å². The van der Waals surface area contributed by atoms with Gasteiger partial charge in [-0.1, -0.05) is 49.7 Å². The first-order valence-corrected chi connectivity index (χ1v) is 17.5. The molecule has 0 radical (unpaired) electrons. The van der Waals surface area contributed by atoms with Crippen LogP contribution >= 0.6 is 0 Å². The van der Waals surface area contributed by atoms with E-state index in [1.807, 2.05) is 6.92 Å². The fourth-order valence-corrected chi connectivity index (χ4v) is 6.67. The summed E-state index contributed by atoms with van der Waals surface area (Å²) in [6.07, 6.45) is 1.52. The highest BCUT2D eigenvalue weighted by atomic mass is 32.2. The van der Waals surface area contributed by atoms with Crippen LogP contribution in [0.3, 0.4) is 0 Å². The van der Waals surface area contributed by atoms with Crippen LogP contribution < -0.4 is 21.1 Å². The summed E-state index contributed by atoms with van der Waals surface area (Å²) in [5.41, 5.74) is 7.42. The molecule has 5 N–H and O–H groups in total. The van der Waals surface area contributed by atoms with Crippen molar-refractivity contribution in [2.45, 2.75) is 63.0 Å². The van der Waals surface area contributed by atoms with E-state index in [1.54, 1.807) is 72.5 Å². The number of carbonyl (C=O) groups excluding carboxylic acids is 3. The second-order valence-electron chi connectivity index (χ2n) is 12.1. The van der Waals surface area contributed by atoms with E-state index in [2.05, 4.69) is 10.6 Å². The Morgan fingerprint density at radius 2 is 1.56 bits per heavy atom. The Kier molecular flexibility index (Phi) is 12.6. The molecule has 0 unspecified atom stereocenters. The van der Waals surface area contributed by atoms with Crippen molar-refractivity contribution < 1.29 is 32.6 Å². The van der Waals surface area contributed by atoms with Gasteiger partial charge in [0.1, 0.15) is 6.10 Å². The molecule has 0 saturated carbocycles. The van der Waals surface area contributed by atoms with Gasteiger partial charge in [0.05, 0.1) is 46.7 Å². The number of hydrogen-bond donors (Lipinski definition) is 4. The Hall–Kier alpha value is -4.46. The predicted octanol–water partition coefficient (Wildman–Crippen LogP) is 4.34. The van der Waals surface area contributed by atoms with Crippen molar-refractivity contribution in [2.24, 2.45) is 5.92 Å². The van der Waals surface area contributed by atoms with Gasteiger partial charge in [-0.2, -0.15) is 4.31 Å². The van der Waals surface area contributed by atoms with Gasteiger partial charge in [0.15, 0.2) is 5.75 Å². The first kappa shape index (κ1) is 36.4. The summed E-state index contributed by atoms with van der Waals surface area (Å²) in [6, 6.07) is 19.5. The molecule has 0 spiro atoms. The first-order chi connectivity index (χ1) is 22.9. The number of aliphatic hydroxyl groups excluding tert-OH is 1. The molecule has 3 aromatic rings. The van der Waals surface area contributed by atoms with Crippen LogP contribution in [0, 0.1) is 5.92 Å². The van der Waals surface area contributed by atoms with Crippen molar-refractivity contribution in [2.75, 3.05) is 43.1 Å². The Morgan fingerprint density at radius 1 is 0.958 bits per heavy atom. The van der Waals surface area contributed by atoms with E-state index in [1.165, 1.54) is 23.5 Å². The van der Waals surface area contributed by atoms with E-state index >= 15 is 0 Å². The third-order valence-electron chi connectivity index (χ3n) is 8.40. The number of carbonyl (C=O) groups is 3. The summed E-state index contributed by atoms with van der Waals surface area (Å²) in [5, 5.41) is 15.6. The molecule has 4 rings (SSSR count). The molecule has 13 heteroatoms. The van der Waals surface area contributed by atoms with Crippen LogP contribution in [0.4, 0.5) is 17.1 Å². The third kappa shape index (κ3) is 9.12. The SMILES string of the molecule is C[C@H]1CN([C@@H](C)CO)C(=O)c2cccc(NC(=O)CCCCCC(=O)Nc3ccccc3N)c2O[C@H]1CN(C)S(=O)(=O)c1ccccc1. The molecule has 258 valence electrons. The largest absolute Gasteiger partial charge is 0.486 e. The highest BCUT2D eigenvalue weighted by molar-refractivity contribution is 7.89. The smallest absolute Gasteiger partial charge is 0.258 e. The first-order valence-electron chi connectivity index (χ1n) is 16.1. The summed E-state index contributed by atoms with van der Waals surface area (Å²) in [5.74, 6) is -1.02. The molecular formula is C35H45N5O7S. The van der Waals surface area contributed by atoms with E-state index in [9.17, 15) is 27.9 Å². The average molecular weight is 680 g/mol. The summed E-state index contributed by atoms with van der Waals surface area (Å²) >= 11 is 0. The van der Waals surface area contributed by atoms with Crippen LogP contribution in [0.15, 0.2) is 77.7 Å². The number of benzene rings is 3. The molecule has 0 aromatic heterocycles. The number of amides is 3. The van der Waals surface area contributed by atoms with E-state index in [-0.39, 0.29) is 78.1 Å². The second-order valence-corrected chi connectivity index (χ2v) is 14.2. The van der Waals surface area contributed by atoms with Gasteiger partial charge in [0.2, 0.25) is 21.8 Å². The van der Waals surface area contributed by atoms with Crippen molar-refractivity contribution in [1.29, 1.82) is 0 Å². The van der Waals surface area contributed by atoms with Crippen molar-refractivity contribution in [1.82, 2.24) is 9.21 Å². The predicted molar refractivity (Wildman–Crippen MR) is 185 cm³/mol. The van der Waals surface area contributed by atoms with Crippen LogP contribution in [0.5, 0.6) is 5.75 Å². The number of anilines is 3. The molecule has 3 amide bonds. The maximum absolute atomic E-state index is 13.8. The van der Waals surface area contributed by atoms with Crippen LogP contribution in [0.1, 0.15) is 56.3 Å². The van der Waals surface area contributed by atoms with Crippen LogP contribution in [-0.4, -0.2) is 79.3 Å². The zero-order valence-electron chi connectivity index (χ0n) is 27.6. The number of unbranched alkanes of at least 4 members (excludes halogenated alkanes) is 2. The number of nitrogens with two attached hydrogens (primary N) is 1. The molecule has 1 aliphatic heterocycles. The van der Waals surface area contributed by atoms with Gasteiger partial charge < -0.3 is 31.1 Å². The van der Waals surface area contributed by atoms with Gasteiger partial charge in [-0.05, 0) is 56.2 Å². The molecule has 0 fully saturated rings. The molecular weight excluding hydrogens is 634 g/mol. The summed E-state index contributed by atoms with van der Waals surface area (Å²) in [6.45, 7) is 3.52. The number of aliphatic hydroxyl groups is 1. The van der Waals surface area contributed by atoms with Crippen LogP contribution in [-0.2, 0) is 19.6 Å². The summed E-state index contributed by atoms with van der Waals surface area (Å²) in [4.78, 5) is 40.8. The molecule has 1 heterocycles. The number of nitrogens with zero attached hydrogens (tertiary/aromatic N) is 2. The number of para-hydroxylation sites is 3. The maximum Gasteiger partial charge on any atom is 0.258 e. The number of fused-ring (bicyclic) bond motifs is 1. The lowest BCUT2D eigenvalue weighted by molar-refractivity contribution is -0.116. The molecule has 12 nitrogen and oxygen atoms in total. The minimum atomic E-state index is -3.84. The summed E-state index contributed by atoms with van der Waals surface area (Å²) < 4.78 is 34.4. The number of nitrogens with one attached hydrogen (secondary N) is 2. The number of sulfonamides is 1. The number of likely N-dealkylation sites (N-methyl/N-ethyl adjacent to an activating group) is 1. The monoisotopic (exact) mass is 679 g/mol. The van der Waals surface area contributed by atoms with Gasteiger partial charge in [-0.15, -0.1) is 0 Å². The lowest BCUT2D eigenvalue weighted by atomic mass is 9.99. The normalized spacial score (nSPS) is 17.1. The van der Waals surface area contributed by atoms with Crippen LogP contribution in [0.2, 0.25) is 0 Å². The zero-order valence-corrected chi connectivity index (χ0v) is 28.4. The van der Waals surface area contributed by atoms with Crippen molar-refractivity contribution in [3.05, 3.63) is 78.4 Å². The van der Waals surface area contributed by atoms with Crippen molar-refractivity contribution >= 4 is 44.8 Å². The summed E-state index contributed by atoms with van der Waals surface area (Å²) in [7, 11) is -2.36. The van der Waals surface area contributed by atoms with Gasteiger partial charge in [-0.3, -0.25) is 14.4 Å². The van der Waals surface area contributed by atoms with E-state index in [4.69, 9.17) is 10.5 Å². The number of nitrogen functional groups attached to an aromatic ring is 1. The quantitative estimate of drug-likeness (QED) is 0.144. The number of rotatable bonds is 14. The Morgan fingerprint density at radius 3 is 2.21 bits per heavy atom. The Labute approximate surface area is 282 Å². The number of hydrogen-bond acceptors (Lipinski definition) is 8. The standard InChI is InChI=1S/C35H45N5O7S/c1-24-21-40(25(2)23-41)35(44)27-15-12-18-30(34(27)47-31(24)22-39(3)48(45,46)26-13-6-4-7-14-26)38-33(43)20-9-5-8-19-32(42)37-29-17-11-10-16-28(29)36/h4,6-7,10-18,24-25,31,41H,5,8-9,19-23,36H2,1-3H3,(H,37,42)(H,38,43)/t24-,25-,31-/m0/s1. The molecule has 0 saturated heterocycles. The molecule has 3 atom stereocenters. The minimum Gasteiger partial charge on any atom is -0.486 e. The second kappa shape index (κ2) is 16.6. The van der Waals surface area contributed by atoms with Crippen molar-refractivity contribution in [3.8, 4) is 5.75 Å². The zero-order chi connectivity index (χ0) is 34.8. The number of ether oxygens (including phenoxy) is 1. The highest BCUT2D eigenvalue weighted by Crippen LogP contribution is 2.35. The van der Waals surface area contributed by atoms with Gasteiger partial charge in [0, 0.05) is 32.4 Å². The molecule has 0 bridgehead atoms. The van der Waals surface area contributed by atoms with E-state index in [0.717, 1.165) is 0 Å². The fraction of sp³-hybridized carbons (Fsp3) is 0.400. The lowest BCUT2D eigenvalue weighted by Gasteiger charge is -2.38. The average Bonchev–Trinajstić information content (AvgIpc) is 3.07. The van der Waals surface area contributed by atoms with E-state index in [0.29, 0.717) is 30.6 Å². The lowest BCUT2D eigenvalue weighted by Crippen LogP contribution is -2.50. The Bertz CT molecular complexity index is 1690. The minimum absolute atomic E-state index is 0.0277. The molecule has 0 aliphatic carbocycles. The van der Waals surface area contributed by atoms with Crippen LogP contribution in [0.25, 0.3) is 0 Å². The molecule has 1 aliphatic rings. The van der Waals surface area contributed by atoms with Gasteiger partial charge in [-0.25, -0.2) is 8.42 Å². The fourth-order valence-electron chi connectivity index (χ4n) is 5.47. The molecule has 3 aromatic carbocycles. The van der Waals surface area contributed by atoms with Crippen molar-refractivity contribution in [3.63, 3.8) is 0 Å². The topological polar surface area (TPSA) is 171 Å². The maximum atomic E-state index is 13.8. The highest BCUT2D eigenvalue weighted by Gasteiger charge is 2.36. The Balaban J connectivity index is 1.46.